The molecule has 1 amide bonds. The minimum atomic E-state index is -0.577. The Morgan fingerprint density at radius 1 is 1.23 bits per heavy atom. The van der Waals surface area contributed by atoms with E-state index in [-0.39, 0.29) is 37.0 Å². The van der Waals surface area contributed by atoms with E-state index in [0.717, 1.165) is 31.2 Å². The van der Waals surface area contributed by atoms with Crippen molar-refractivity contribution in [3.05, 3.63) is 23.8 Å². The maximum atomic E-state index is 12.8. The van der Waals surface area contributed by atoms with Gasteiger partial charge >= 0.3 is 5.97 Å². The van der Waals surface area contributed by atoms with E-state index in [9.17, 15) is 14.7 Å². The SMILES string of the molecule is CC(C)(C)OC(=O)CN1Cc2c(cccc2OCCCC(=O)N(CCO)C2CCCCC2)N=C1N. The van der Waals surface area contributed by atoms with Gasteiger partial charge in [0.25, 0.3) is 0 Å². The molecule has 1 aromatic rings. The number of aliphatic hydroxyl groups is 1. The number of esters is 1. The molecule has 2 aliphatic rings. The van der Waals surface area contributed by atoms with E-state index in [0.29, 0.717) is 44.0 Å². The summed E-state index contributed by atoms with van der Waals surface area (Å²) in [6.45, 7) is 6.60. The van der Waals surface area contributed by atoms with Gasteiger partial charge < -0.3 is 30.1 Å². The van der Waals surface area contributed by atoms with E-state index in [1.54, 1.807) is 4.90 Å². The molecular weight excluding hydrogens is 448 g/mol. The normalized spacial score (nSPS) is 16.3. The molecule has 0 atom stereocenters. The molecule has 9 nitrogen and oxygen atoms in total. The zero-order valence-electron chi connectivity index (χ0n) is 21.3. The summed E-state index contributed by atoms with van der Waals surface area (Å²) in [6, 6.07) is 5.82. The number of nitrogens with two attached hydrogens (primary N) is 1. The fourth-order valence-corrected chi connectivity index (χ4v) is 4.65. The molecule has 194 valence electrons. The number of guanidine groups is 1. The van der Waals surface area contributed by atoms with Crippen molar-refractivity contribution in [2.75, 3.05) is 26.3 Å². The number of hydrogen-bond acceptors (Lipinski definition) is 8. The first kappa shape index (κ1) is 26.8. The van der Waals surface area contributed by atoms with E-state index >= 15 is 0 Å². The third kappa shape index (κ3) is 7.85. The van der Waals surface area contributed by atoms with Gasteiger partial charge in [0.2, 0.25) is 5.91 Å². The number of ether oxygens (including phenoxy) is 2. The molecule has 0 radical (unpaired) electrons. The van der Waals surface area contributed by atoms with Gasteiger partial charge in [0.1, 0.15) is 17.9 Å². The van der Waals surface area contributed by atoms with Crippen molar-refractivity contribution < 1.29 is 24.2 Å². The van der Waals surface area contributed by atoms with Crippen molar-refractivity contribution in [2.24, 2.45) is 10.7 Å². The summed E-state index contributed by atoms with van der Waals surface area (Å²) in [5, 5.41) is 9.43. The lowest BCUT2D eigenvalue weighted by Gasteiger charge is -2.34. The van der Waals surface area contributed by atoms with Crippen LogP contribution in [0.4, 0.5) is 5.69 Å². The molecule has 0 aromatic heterocycles. The summed E-state index contributed by atoms with van der Waals surface area (Å²) in [4.78, 5) is 33.1. The molecule has 1 aliphatic carbocycles. The van der Waals surface area contributed by atoms with Gasteiger partial charge in [-0.05, 0) is 52.2 Å². The van der Waals surface area contributed by atoms with Crippen molar-refractivity contribution in [1.29, 1.82) is 0 Å². The van der Waals surface area contributed by atoms with E-state index in [2.05, 4.69) is 4.99 Å². The number of amides is 1. The van der Waals surface area contributed by atoms with Crippen molar-refractivity contribution >= 4 is 23.5 Å². The fraction of sp³-hybridized carbons (Fsp3) is 0.654. The molecule has 3 rings (SSSR count). The van der Waals surface area contributed by atoms with E-state index in [1.165, 1.54) is 6.42 Å². The van der Waals surface area contributed by atoms with Gasteiger partial charge in [-0.25, -0.2) is 4.99 Å². The summed E-state index contributed by atoms with van der Waals surface area (Å²) in [5.74, 6) is 0.629. The van der Waals surface area contributed by atoms with Crippen molar-refractivity contribution in [3.63, 3.8) is 0 Å². The first-order valence-electron chi connectivity index (χ1n) is 12.6. The first-order valence-corrected chi connectivity index (χ1v) is 12.6. The predicted molar refractivity (Wildman–Crippen MR) is 134 cm³/mol. The summed E-state index contributed by atoms with van der Waals surface area (Å²) >= 11 is 0. The molecule has 1 aromatic carbocycles. The molecule has 1 fully saturated rings. The summed E-state index contributed by atoms with van der Waals surface area (Å²) < 4.78 is 11.5. The van der Waals surface area contributed by atoms with Crippen LogP contribution in [0, 0.1) is 0 Å². The van der Waals surface area contributed by atoms with Crippen LogP contribution >= 0.6 is 0 Å². The highest BCUT2D eigenvalue weighted by Gasteiger charge is 2.26. The maximum Gasteiger partial charge on any atom is 0.326 e. The van der Waals surface area contributed by atoms with Crippen LogP contribution in [-0.2, 0) is 20.9 Å². The number of rotatable bonds is 10. The topological polar surface area (TPSA) is 118 Å². The number of hydrogen-bond donors (Lipinski definition) is 2. The number of carbonyl (C=O) groups excluding carboxylic acids is 2. The zero-order valence-corrected chi connectivity index (χ0v) is 21.3. The van der Waals surface area contributed by atoms with Crippen LogP contribution in [0.3, 0.4) is 0 Å². The minimum absolute atomic E-state index is 0.00324. The third-order valence-corrected chi connectivity index (χ3v) is 6.23. The monoisotopic (exact) mass is 488 g/mol. The fourth-order valence-electron chi connectivity index (χ4n) is 4.65. The average Bonchev–Trinajstić information content (AvgIpc) is 2.80. The first-order chi connectivity index (χ1) is 16.7. The third-order valence-electron chi connectivity index (χ3n) is 6.23. The molecule has 0 spiro atoms. The maximum absolute atomic E-state index is 12.8. The smallest absolute Gasteiger partial charge is 0.326 e. The van der Waals surface area contributed by atoms with Crippen LogP contribution in [0.5, 0.6) is 5.75 Å². The Balaban J connectivity index is 1.55. The van der Waals surface area contributed by atoms with Crippen molar-refractivity contribution in [3.8, 4) is 5.75 Å². The minimum Gasteiger partial charge on any atom is -0.493 e. The van der Waals surface area contributed by atoms with E-state index in [4.69, 9.17) is 15.2 Å². The quantitative estimate of drug-likeness (QED) is 0.384. The van der Waals surface area contributed by atoms with Gasteiger partial charge in [-0.2, -0.15) is 0 Å². The highest BCUT2D eigenvalue weighted by molar-refractivity contribution is 5.87. The molecule has 9 heteroatoms. The number of benzene rings is 1. The average molecular weight is 489 g/mol. The lowest BCUT2D eigenvalue weighted by molar-refractivity contribution is -0.155. The van der Waals surface area contributed by atoms with Crippen LogP contribution in [0.25, 0.3) is 0 Å². The van der Waals surface area contributed by atoms with Gasteiger partial charge in [-0.3, -0.25) is 9.59 Å². The predicted octanol–water partition coefficient (Wildman–Crippen LogP) is 3.10. The Hall–Kier alpha value is -2.81. The number of fused-ring (bicyclic) bond motifs is 1. The Morgan fingerprint density at radius 3 is 2.66 bits per heavy atom. The summed E-state index contributed by atoms with van der Waals surface area (Å²) in [7, 11) is 0. The Bertz CT molecular complexity index is 905. The summed E-state index contributed by atoms with van der Waals surface area (Å²) in [5.41, 5.74) is 7.07. The van der Waals surface area contributed by atoms with Gasteiger partial charge in [0, 0.05) is 24.6 Å². The van der Waals surface area contributed by atoms with Crippen LogP contribution in [0.2, 0.25) is 0 Å². The lowest BCUT2D eigenvalue weighted by Crippen LogP contribution is -2.43. The number of carbonyl (C=O) groups is 2. The van der Waals surface area contributed by atoms with Gasteiger partial charge in [0.15, 0.2) is 5.96 Å². The molecule has 1 saturated carbocycles. The molecular formula is C26H40N4O5. The summed E-state index contributed by atoms with van der Waals surface area (Å²) in [6.07, 6.45) is 6.48. The second kappa shape index (κ2) is 12.2. The van der Waals surface area contributed by atoms with Crippen LogP contribution in [0.15, 0.2) is 23.2 Å². The number of aliphatic imine (C=N–C) groups is 1. The van der Waals surface area contributed by atoms with E-state index in [1.807, 2.05) is 43.9 Å². The largest absolute Gasteiger partial charge is 0.493 e. The number of nitrogens with zero attached hydrogens (tertiary/aromatic N) is 3. The van der Waals surface area contributed by atoms with Gasteiger partial charge in [0.05, 0.1) is 25.4 Å². The standard InChI is InChI=1S/C26H40N4O5/c1-26(2,3)35-24(33)18-29-17-20-21(28-25(29)27)11-7-12-22(20)34-16-8-13-23(32)30(14-15-31)19-9-5-4-6-10-19/h7,11-12,19,31H,4-6,8-10,13-18H2,1-3H3,(H2,27,28). The second-order valence-electron chi connectivity index (χ2n) is 10.2. The van der Waals surface area contributed by atoms with Gasteiger partial charge in [-0.15, -0.1) is 0 Å². The molecule has 1 aliphatic heterocycles. The Morgan fingerprint density at radius 2 is 1.97 bits per heavy atom. The molecule has 1 heterocycles. The highest BCUT2D eigenvalue weighted by Crippen LogP contribution is 2.33. The highest BCUT2D eigenvalue weighted by atomic mass is 16.6. The van der Waals surface area contributed by atoms with Crippen molar-refractivity contribution in [2.45, 2.75) is 83.9 Å². The van der Waals surface area contributed by atoms with Crippen LogP contribution in [-0.4, -0.2) is 70.7 Å². The Kier molecular flexibility index (Phi) is 9.37. The number of aliphatic hydroxyl groups excluding tert-OH is 1. The van der Waals surface area contributed by atoms with Gasteiger partial charge in [-0.1, -0.05) is 25.3 Å². The van der Waals surface area contributed by atoms with E-state index < -0.39 is 5.60 Å². The molecule has 3 N–H and O–H groups in total. The lowest BCUT2D eigenvalue weighted by atomic mass is 9.94. The molecule has 0 bridgehead atoms. The second-order valence-corrected chi connectivity index (χ2v) is 10.2. The van der Waals surface area contributed by atoms with Crippen LogP contribution < -0.4 is 10.5 Å². The van der Waals surface area contributed by atoms with Crippen molar-refractivity contribution in [1.82, 2.24) is 9.80 Å². The van der Waals surface area contributed by atoms with Crippen LogP contribution in [0.1, 0.15) is 71.3 Å². The molecule has 0 saturated heterocycles. The molecule has 35 heavy (non-hydrogen) atoms. The zero-order chi connectivity index (χ0) is 25.4. The Labute approximate surface area is 208 Å². The molecule has 0 unspecified atom stereocenters.